The van der Waals surface area contributed by atoms with Gasteiger partial charge in [0.05, 0.1) is 39.6 Å². The molecule has 4 heterocycles. The first kappa shape index (κ1) is 27.3. The molecule has 0 bridgehead atoms. The number of primary amides is 1. The molecule has 0 saturated carbocycles. The fourth-order valence-corrected chi connectivity index (χ4v) is 6.08. The highest BCUT2D eigenvalue weighted by atomic mass is 35.5. The number of anilines is 1. The Kier molecular flexibility index (Phi) is 6.85. The van der Waals surface area contributed by atoms with E-state index in [9.17, 15) is 19.2 Å². The molecule has 3 N–H and O–H groups in total. The Labute approximate surface area is 243 Å². The molecule has 1 saturated heterocycles. The van der Waals surface area contributed by atoms with Crippen LogP contribution in [0.4, 0.5) is 14.9 Å². The zero-order chi connectivity index (χ0) is 29.6. The number of carbonyl (C=O) groups is 3. The van der Waals surface area contributed by atoms with Crippen molar-refractivity contribution in [3.05, 3.63) is 99.1 Å². The molecule has 13 heteroatoms. The SMILES string of the molecule is NC(=O)c1cccc2ccc(=O)n([C@@H](Cc3cnccn3)C(=O)N3CCC[C@@]4(C3)OC(=O)Nc3ccc(Cl)c(F)c34)c12. The summed E-state index contributed by atoms with van der Waals surface area (Å²) >= 11 is 6.10. The van der Waals surface area contributed by atoms with E-state index in [0.717, 1.165) is 0 Å². The van der Waals surface area contributed by atoms with Gasteiger partial charge < -0.3 is 15.4 Å². The van der Waals surface area contributed by atoms with Gasteiger partial charge in [0.1, 0.15) is 6.04 Å². The van der Waals surface area contributed by atoms with Gasteiger partial charge in [-0.25, -0.2) is 9.18 Å². The number of halogens is 2. The Morgan fingerprint density at radius 3 is 2.76 bits per heavy atom. The molecule has 2 aliphatic heterocycles. The zero-order valence-electron chi connectivity index (χ0n) is 22.0. The van der Waals surface area contributed by atoms with Crippen LogP contribution in [0, 0.1) is 5.82 Å². The molecule has 0 radical (unpaired) electrons. The van der Waals surface area contributed by atoms with Gasteiger partial charge in [-0.15, -0.1) is 0 Å². The number of para-hydroxylation sites is 1. The predicted molar refractivity (Wildman–Crippen MR) is 151 cm³/mol. The quantitative estimate of drug-likeness (QED) is 0.361. The number of hydrogen-bond acceptors (Lipinski definition) is 7. The van der Waals surface area contributed by atoms with Crippen LogP contribution in [0.5, 0.6) is 0 Å². The van der Waals surface area contributed by atoms with E-state index in [0.29, 0.717) is 17.5 Å². The predicted octanol–water partition coefficient (Wildman–Crippen LogP) is 3.55. The van der Waals surface area contributed by atoms with Crippen molar-refractivity contribution in [2.75, 3.05) is 18.4 Å². The monoisotopic (exact) mass is 590 g/mol. The van der Waals surface area contributed by atoms with Crippen molar-refractivity contribution in [3.63, 3.8) is 0 Å². The van der Waals surface area contributed by atoms with Crippen LogP contribution in [0.15, 0.2) is 65.8 Å². The highest BCUT2D eigenvalue weighted by Gasteiger charge is 2.49. The van der Waals surface area contributed by atoms with Crippen molar-refractivity contribution in [2.45, 2.75) is 30.9 Å². The Hall–Kier alpha value is -4.84. The number of rotatable bonds is 5. The number of carbonyl (C=O) groups excluding carboxylic acids is 3. The number of aromatic nitrogens is 3. The van der Waals surface area contributed by atoms with E-state index in [-0.39, 0.29) is 53.3 Å². The molecular formula is C29H24ClFN6O5. The van der Waals surface area contributed by atoms with Crippen molar-refractivity contribution in [1.82, 2.24) is 19.4 Å². The summed E-state index contributed by atoms with van der Waals surface area (Å²) < 4.78 is 22.4. The second-order valence-electron chi connectivity index (χ2n) is 10.2. The summed E-state index contributed by atoms with van der Waals surface area (Å²) in [6.07, 6.45) is 4.18. The molecule has 3 amide bonds. The number of benzene rings is 2. The molecule has 2 aliphatic rings. The van der Waals surface area contributed by atoms with Crippen molar-refractivity contribution in [2.24, 2.45) is 5.73 Å². The van der Waals surface area contributed by atoms with Gasteiger partial charge in [-0.3, -0.25) is 34.2 Å². The number of fused-ring (bicyclic) bond motifs is 3. The topological polar surface area (TPSA) is 150 Å². The van der Waals surface area contributed by atoms with Crippen LogP contribution in [0.1, 0.15) is 40.5 Å². The summed E-state index contributed by atoms with van der Waals surface area (Å²) in [5, 5.41) is 2.87. The minimum atomic E-state index is -1.51. The number of nitrogens with zero attached hydrogens (tertiary/aromatic N) is 4. The molecule has 4 aromatic rings. The summed E-state index contributed by atoms with van der Waals surface area (Å²) in [4.78, 5) is 62.8. The Morgan fingerprint density at radius 2 is 2.00 bits per heavy atom. The molecule has 0 aliphatic carbocycles. The average Bonchev–Trinajstić information content (AvgIpc) is 2.97. The normalized spacial score (nSPS) is 18.7. The van der Waals surface area contributed by atoms with E-state index in [4.69, 9.17) is 22.1 Å². The van der Waals surface area contributed by atoms with Crippen LogP contribution in [-0.2, 0) is 21.6 Å². The Balaban J connectivity index is 1.49. The Bertz CT molecular complexity index is 1820. The van der Waals surface area contributed by atoms with Crippen molar-refractivity contribution in [1.29, 1.82) is 0 Å². The first-order valence-electron chi connectivity index (χ1n) is 13.1. The lowest BCUT2D eigenvalue weighted by atomic mass is 9.82. The number of piperidine rings is 1. The highest BCUT2D eigenvalue weighted by molar-refractivity contribution is 6.31. The highest BCUT2D eigenvalue weighted by Crippen LogP contribution is 2.45. The van der Waals surface area contributed by atoms with Gasteiger partial charge in [0.15, 0.2) is 11.4 Å². The van der Waals surface area contributed by atoms with Crippen LogP contribution in [0.3, 0.4) is 0 Å². The molecule has 214 valence electrons. The summed E-state index contributed by atoms with van der Waals surface area (Å²) in [5.74, 6) is -2.05. The second kappa shape index (κ2) is 10.5. The molecular weight excluding hydrogens is 567 g/mol. The van der Waals surface area contributed by atoms with Crippen molar-refractivity contribution >= 4 is 46.1 Å². The van der Waals surface area contributed by atoms with Crippen molar-refractivity contribution in [3.8, 4) is 0 Å². The van der Waals surface area contributed by atoms with E-state index < -0.39 is 40.9 Å². The van der Waals surface area contributed by atoms with Crippen LogP contribution in [-0.4, -0.2) is 50.4 Å². The molecule has 6 rings (SSSR count). The summed E-state index contributed by atoms with van der Waals surface area (Å²) in [5.41, 5.74) is 4.56. The molecule has 11 nitrogen and oxygen atoms in total. The average molecular weight is 591 g/mol. The van der Waals surface area contributed by atoms with E-state index in [2.05, 4.69) is 15.3 Å². The van der Waals surface area contributed by atoms with Crippen LogP contribution in [0.2, 0.25) is 5.02 Å². The van der Waals surface area contributed by atoms with Gasteiger partial charge in [-0.2, -0.15) is 0 Å². The number of likely N-dealkylation sites (tertiary alicyclic amines) is 1. The minimum absolute atomic E-state index is 0.0518. The van der Waals surface area contributed by atoms with E-state index in [1.807, 2.05) is 0 Å². The summed E-state index contributed by atoms with van der Waals surface area (Å²) in [7, 11) is 0. The van der Waals surface area contributed by atoms with Gasteiger partial charge in [-0.05, 0) is 42.5 Å². The van der Waals surface area contributed by atoms with Gasteiger partial charge in [0, 0.05) is 37.6 Å². The molecule has 2 aromatic carbocycles. The lowest BCUT2D eigenvalue weighted by Gasteiger charge is -2.45. The van der Waals surface area contributed by atoms with E-state index >= 15 is 4.39 Å². The number of ether oxygens (including phenoxy) is 1. The van der Waals surface area contributed by atoms with Gasteiger partial charge in [0.2, 0.25) is 5.91 Å². The Morgan fingerprint density at radius 1 is 1.17 bits per heavy atom. The maximum atomic E-state index is 15.5. The number of pyridine rings is 1. The van der Waals surface area contributed by atoms with Crippen LogP contribution >= 0.6 is 11.6 Å². The van der Waals surface area contributed by atoms with E-state index in [1.54, 1.807) is 18.2 Å². The standard InChI is InChI=1S/C29H24ClFN6O5/c30-19-6-7-20-23(24(19)31)29(42-28(41)35-20)9-2-12-36(15-29)27(40)21(13-17-14-33-10-11-34-17)37-22(38)8-5-16-3-1-4-18(25(16)37)26(32)39/h1,3-8,10-11,14,21H,2,9,12-13,15H2,(H2,32,39)(H,35,41)/t21-,29-/m0/s1. The molecule has 0 unspecified atom stereocenters. The maximum Gasteiger partial charge on any atom is 0.412 e. The molecule has 42 heavy (non-hydrogen) atoms. The largest absolute Gasteiger partial charge is 0.436 e. The molecule has 1 spiro atoms. The second-order valence-corrected chi connectivity index (χ2v) is 10.6. The number of amides is 3. The molecule has 2 aromatic heterocycles. The number of nitrogens with two attached hydrogens (primary N) is 1. The van der Waals surface area contributed by atoms with Gasteiger partial charge >= 0.3 is 6.09 Å². The fraction of sp³-hybridized carbons (Fsp3) is 0.241. The number of nitrogens with one attached hydrogen (secondary N) is 1. The van der Waals surface area contributed by atoms with Crippen LogP contribution in [0.25, 0.3) is 10.9 Å². The minimum Gasteiger partial charge on any atom is -0.436 e. The van der Waals surface area contributed by atoms with Gasteiger partial charge in [0.25, 0.3) is 11.5 Å². The van der Waals surface area contributed by atoms with Crippen LogP contribution < -0.4 is 16.6 Å². The molecule has 1 fully saturated rings. The third-order valence-electron chi connectivity index (χ3n) is 7.67. The maximum absolute atomic E-state index is 15.5. The fourth-order valence-electron chi connectivity index (χ4n) is 5.92. The smallest absolute Gasteiger partial charge is 0.412 e. The van der Waals surface area contributed by atoms with E-state index in [1.165, 1.54) is 52.3 Å². The first-order chi connectivity index (χ1) is 20.2. The molecule has 2 atom stereocenters. The summed E-state index contributed by atoms with van der Waals surface area (Å²) in [6.45, 7) is 0.0465. The van der Waals surface area contributed by atoms with Gasteiger partial charge in [-0.1, -0.05) is 23.7 Å². The lowest BCUT2D eigenvalue weighted by Crippen LogP contribution is -2.55. The summed E-state index contributed by atoms with van der Waals surface area (Å²) in [6, 6.07) is 9.31. The third-order valence-corrected chi connectivity index (χ3v) is 7.97. The zero-order valence-corrected chi connectivity index (χ0v) is 22.8. The van der Waals surface area contributed by atoms with Crippen molar-refractivity contribution < 1.29 is 23.5 Å². The number of hydrogen-bond donors (Lipinski definition) is 2. The third kappa shape index (κ3) is 4.63. The lowest BCUT2D eigenvalue weighted by molar-refractivity contribution is -0.142. The first-order valence-corrected chi connectivity index (χ1v) is 13.5.